The summed E-state index contributed by atoms with van der Waals surface area (Å²) < 4.78 is 65.2. The van der Waals surface area contributed by atoms with Crippen LogP contribution in [0.3, 0.4) is 0 Å². The minimum absolute atomic E-state index is 0. The van der Waals surface area contributed by atoms with Crippen molar-refractivity contribution in [1.82, 2.24) is 20.2 Å². The molecular formula is C20H14N4NaO6S2. The smallest absolute Gasteiger partial charge is 0.282 e. The summed E-state index contributed by atoms with van der Waals surface area (Å²) in [5.41, 5.74) is 1.24. The van der Waals surface area contributed by atoms with Crippen LogP contribution >= 0.6 is 0 Å². The van der Waals surface area contributed by atoms with E-state index in [9.17, 15) is 25.9 Å². The molecule has 163 valence electrons. The second kappa shape index (κ2) is 9.73. The first-order valence-electron chi connectivity index (χ1n) is 8.95. The first kappa shape index (κ1) is 25.1. The third-order valence-corrected chi connectivity index (χ3v) is 6.09. The Balaban J connectivity index is 0.00000306. The van der Waals surface area contributed by atoms with Crippen LogP contribution in [0.2, 0.25) is 0 Å². The summed E-state index contributed by atoms with van der Waals surface area (Å²) in [6.45, 7) is 0. The molecule has 0 saturated carbocycles. The second-order valence-corrected chi connectivity index (χ2v) is 9.40. The van der Waals surface area contributed by atoms with E-state index in [1.807, 2.05) is 0 Å². The monoisotopic (exact) mass is 493 g/mol. The molecule has 1 radical (unpaired) electrons. The van der Waals surface area contributed by atoms with Crippen LogP contribution in [-0.2, 0) is 20.2 Å². The number of aromatic nitrogens is 4. The van der Waals surface area contributed by atoms with Gasteiger partial charge in [0.05, 0.1) is 9.79 Å². The molecule has 4 aromatic rings. The molecule has 0 atom stereocenters. The van der Waals surface area contributed by atoms with Gasteiger partial charge >= 0.3 is 0 Å². The van der Waals surface area contributed by atoms with Gasteiger partial charge < -0.3 is 0 Å². The molecule has 2 N–H and O–H groups in total. The van der Waals surface area contributed by atoms with Crippen LogP contribution < -0.4 is 0 Å². The van der Waals surface area contributed by atoms with Gasteiger partial charge in [0, 0.05) is 46.9 Å². The van der Waals surface area contributed by atoms with Crippen LogP contribution in [0.1, 0.15) is 0 Å². The molecule has 2 aromatic carbocycles. The Labute approximate surface area is 211 Å². The molecular weight excluding hydrogens is 479 g/mol. The minimum Gasteiger partial charge on any atom is -0.282 e. The molecule has 0 aliphatic carbocycles. The fourth-order valence-corrected chi connectivity index (χ4v) is 3.99. The van der Waals surface area contributed by atoms with Gasteiger partial charge in [-0.25, -0.2) is 4.98 Å². The molecule has 2 heterocycles. The number of hydrogen-bond acceptors (Lipinski definition) is 8. The second-order valence-electron chi connectivity index (χ2n) is 6.55. The van der Waals surface area contributed by atoms with Crippen LogP contribution in [0, 0.1) is 0 Å². The van der Waals surface area contributed by atoms with E-state index in [2.05, 4.69) is 20.2 Å². The number of benzene rings is 2. The van der Waals surface area contributed by atoms with Crippen molar-refractivity contribution in [3.8, 4) is 34.0 Å². The maximum absolute atomic E-state index is 11.6. The van der Waals surface area contributed by atoms with Gasteiger partial charge in [0.2, 0.25) is 5.82 Å². The third kappa shape index (κ3) is 5.68. The Bertz CT molecular complexity index is 1530. The van der Waals surface area contributed by atoms with E-state index in [4.69, 9.17) is 0 Å². The zero-order valence-corrected chi connectivity index (χ0v) is 20.7. The molecule has 0 unspecified atom stereocenters. The molecule has 13 heteroatoms. The van der Waals surface area contributed by atoms with E-state index < -0.39 is 20.2 Å². The fourth-order valence-electron chi connectivity index (χ4n) is 2.93. The van der Waals surface area contributed by atoms with Crippen LogP contribution in [-0.4, -0.2) is 75.7 Å². The van der Waals surface area contributed by atoms with E-state index in [0.717, 1.165) is 0 Å². The predicted octanol–water partition coefficient (Wildman–Crippen LogP) is 2.38. The van der Waals surface area contributed by atoms with Crippen LogP contribution in [0.5, 0.6) is 0 Å². The first-order chi connectivity index (χ1) is 15.1. The third-order valence-electron chi connectivity index (χ3n) is 4.39. The van der Waals surface area contributed by atoms with Crippen molar-refractivity contribution < 1.29 is 25.9 Å². The van der Waals surface area contributed by atoms with Crippen molar-refractivity contribution in [1.29, 1.82) is 0 Å². The van der Waals surface area contributed by atoms with Gasteiger partial charge in [-0.2, -0.15) is 16.8 Å². The maximum Gasteiger partial charge on any atom is 0.294 e. The van der Waals surface area contributed by atoms with Crippen molar-refractivity contribution in [3.63, 3.8) is 0 Å². The Morgan fingerprint density at radius 3 is 1.76 bits per heavy atom. The van der Waals surface area contributed by atoms with Gasteiger partial charge in [-0.1, -0.05) is 30.3 Å². The Morgan fingerprint density at radius 2 is 1.24 bits per heavy atom. The summed E-state index contributed by atoms with van der Waals surface area (Å²) in [5, 5.41) is 8.25. The average Bonchev–Trinajstić information content (AvgIpc) is 2.78. The van der Waals surface area contributed by atoms with Gasteiger partial charge in [-0.05, 0) is 36.4 Å². The van der Waals surface area contributed by atoms with Crippen molar-refractivity contribution >= 4 is 49.8 Å². The summed E-state index contributed by atoms with van der Waals surface area (Å²) >= 11 is 0. The largest absolute Gasteiger partial charge is 0.294 e. The zero-order chi connectivity index (χ0) is 22.9. The Hall–Kier alpha value is -2.58. The molecule has 10 nitrogen and oxygen atoms in total. The summed E-state index contributed by atoms with van der Waals surface area (Å²) in [4.78, 5) is 7.94. The fraction of sp³-hybridized carbons (Fsp3) is 0. The van der Waals surface area contributed by atoms with Crippen LogP contribution in [0.15, 0.2) is 82.7 Å². The molecule has 0 aliphatic rings. The maximum atomic E-state index is 11.6. The van der Waals surface area contributed by atoms with Crippen LogP contribution in [0.4, 0.5) is 0 Å². The Kier molecular flexibility index (Phi) is 7.39. The van der Waals surface area contributed by atoms with E-state index >= 15 is 0 Å². The SMILES string of the molecule is O=S(=O)(O)c1cccc(-c2nnc(-c3ccccn3)nc2-c2cccc(S(=O)(=O)O)c2)c1.[Na]. The van der Waals surface area contributed by atoms with Gasteiger partial charge in [-0.15, -0.1) is 10.2 Å². The summed E-state index contributed by atoms with van der Waals surface area (Å²) in [6, 6.07) is 15.8. The minimum atomic E-state index is -4.49. The molecule has 0 spiro atoms. The summed E-state index contributed by atoms with van der Waals surface area (Å²) in [5.74, 6) is 0.146. The van der Waals surface area contributed by atoms with Crippen molar-refractivity contribution in [2.24, 2.45) is 0 Å². The van der Waals surface area contributed by atoms with Gasteiger partial charge in [0.1, 0.15) is 17.1 Å². The van der Waals surface area contributed by atoms with E-state index in [1.165, 1.54) is 42.5 Å². The van der Waals surface area contributed by atoms with Gasteiger partial charge in [-0.3, -0.25) is 14.1 Å². The number of rotatable bonds is 5. The van der Waals surface area contributed by atoms with Crippen molar-refractivity contribution in [2.75, 3.05) is 0 Å². The van der Waals surface area contributed by atoms with E-state index in [-0.39, 0.29) is 67.7 Å². The molecule has 0 aliphatic heterocycles. The number of pyridine rings is 1. The normalized spacial score (nSPS) is 11.6. The zero-order valence-electron chi connectivity index (χ0n) is 17.1. The van der Waals surface area contributed by atoms with Crippen molar-refractivity contribution in [3.05, 3.63) is 72.9 Å². The molecule has 4 rings (SSSR count). The van der Waals surface area contributed by atoms with Crippen LogP contribution in [0.25, 0.3) is 34.0 Å². The number of nitrogens with zero attached hydrogens (tertiary/aromatic N) is 4. The average molecular weight is 493 g/mol. The topological polar surface area (TPSA) is 160 Å². The summed E-state index contributed by atoms with van der Waals surface area (Å²) in [7, 11) is -8.97. The Morgan fingerprint density at radius 1 is 0.667 bits per heavy atom. The molecule has 0 saturated heterocycles. The van der Waals surface area contributed by atoms with E-state index in [0.29, 0.717) is 5.69 Å². The summed E-state index contributed by atoms with van der Waals surface area (Å²) in [6.07, 6.45) is 1.54. The molecule has 33 heavy (non-hydrogen) atoms. The van der Waals surface area contributed by atoms with E-state index in [1.54, 1.807) is 30.5 Å². The quantitative estimate of drug-likeness (QED) is 0.312. The van der Waals surface area contributed by atoms with Gasteiger partial charge in [0.15, 0.2) is 0 Å². The molecule has 2 aromatic heterocycles. The molecule has 0 bridgehead atoms. The van der Waals surface area contributed by atoms with Crippen molar-refractivity contribution in [2.45, 2.75) is 9.79 Å². The molecule has 0 fully saturated rings. The predicted molar refractivity (Wildman–Crippen MR) is 119 cm³/mol. The molecule has 0 amide bonds. The number of hydrogen-bond donors (Lipinski definition) is 2. The standard InChI is InChI=1S/C20H14N4O6S2.Na/c25-31(26,27)15-7-3-5-13(11-15)18-19(14-6-4-8-16(12-14)32(28,29)30)23-24-20(22-18)17-9-1-2-10-21-17;/h1-12H,(H,25,26,27)(H,28,29,30);. The van der Waals surface area contributed by atoms with Gasteiger partial charge in [0.25, 0.3) is 20.2 Å². The first-order valence-corrected chi connectivity index (χ1v) is 11.8.